The molecule has 1 unspecified atom stereocenters. The van der Waals surface area contributed by atoms with Gasteiger partial charge in [0.05, 0.1) is 24.2 Å². The SMILES string of the molecule is C=C[C@@H]1CN2CC[C@H]1C[C@@H]2[C@H](OC(=O)c1ccc(OC)cc1)c1ccnc2ccccc12. The number of rotatable bonds is 6. The molecular weight excluding hydrogens is 400 g/mol. The molecule has 164 valence electrons. The van der Waals surface area contributed by atoms with Crippen molar-refractivity contribution < 1.29 is 14.3 Å². The molecule has 2 aromatic carbocycles. The Morgan fingerprint density at radius 3 is 2.72 bits per heavy atom. The third-order valence-corrected chi connectivity index (χ3v) is 7.05. The lowest BCUT2D eigenvalue weighted by Gasteiger charge is -2.51. The summed E-state index contributed by atoms with van der Waals surface area (Å²) in [4.78, 5) is 20.2. The standard InChI is InChI=1S/C27H28N2O3/c1-3-18-17-29-15-13-20(18)16-25(29)26(23-12-14-28-24-7-5-4-6-22(23)24)32-27(30)19-8-10-21(31-2)11-9-19/h3-12,14,18,20,25-26H,1,13,15-17H2,2H3/t18-,20+,25-,26-/m1/s1. The molecular formula is C27H28N2O3. The number of esters is 1. The molecule has 32 heavy (non-hydrogen) atoms. The molecule has 3 aliphatic rings. The number of fused-ring (bicyclic) bond motifs is 4. The van der Waals surface area contributed by atoms with E-state index in [-0.39, 0.29) is 18.1 Å². The summed E-state index contributed by atoms with van der Waals surface area (Å²) in [5.41, 5.74) is 2.45. The monoisotopic (exact) mass is 428 g/mol. The lowest BCUT2D eigenvalue weighted by Crippen LogP contribution is -2.55. The lowest BCUT2D eigenvalue weighted by atomic mass is 9.73. The van der Waals surface area contributed by atoms with Crippen LogP contribution >= 0.6 is 0 Å². The molecule has 5 atom stereocenters. The number of para-hydroxylation sites is 1. The van der Waals surface area contributed by atoms with Crippen molar-refractivity contribution in [1.29, 1.82) is 0 Å². The van der Waals surface area contributed by atoms with Crippen LogP contribution in [0.4, 0.5) is 0 Å². The summed E-state index contributed by atoms with van der Waals surface area (Å²) in [5.74, 6) is 1.48. The highest BCUT2D eigenvalue weighted by Crippen LogP contribution is 2.43. The van der Waals surface area contributed by atoms with Gasteiger partial charge in [-0.1, -0.05) is 24.3 Å². The van der Waals surface area contributed by atoms with Crippen LogP contribution in [0.2, 0.25) is 0 Å². The van der Waals surface area contributed by atoms with Gasteiger partial charge in [0.15, 0.2) is 0 Å². The van der Waals surface area contributed by atoms with Gasteiger partial charge in [-0.15, -0.1) is 6.58 Å². The van der Waals surface area contributed by atoms with Crippen molar-refractivity contribution in [1.82, 2.24) is 9.88 Å². The lowest BCUT2D eigenvalue weighted by molar-refractivity contribution is -0.0568. The Morgan fingerprint density at radius 2 is 2.00 bits per heavy atom. The number of carbonyl (C=O) groups is 1. The van der Waals surface area contributed by atoms with Crippen molar-refractivity contribution in [2.75, 3.05) is 20.2 Å². The van der Waals surface area contributed by atoms with Crippen LogP contribution < -0.4 is 4.74 Å². The van der Waals surface area contributed by atoms with Crippen LogP contribution in [-0.4, -0.2) is 42.1 Å². The molecule has 0 amide bonds. The second-order valence-electron chi connectivity index (χ2n) is 8.72. The minimum Gasteiger partial charge on any atom is -0.497 e. The van der Waals surface area contributed by atoms with E-state index in [1.807, 2.05) is 30.5 Å². The third-order valence-electron chi connectivity index (χ3n) is 7.05. The van der Waals surface area contributed by atoms with E-state index in [0.717, 1.165) is 36.0 Å². The fourth-order valence-electron chi connectivity index (χ4n) is 5.32. The van der Waals surface area contributed by atoms with Crippen LogP contribution in [0, 0.1) is 11.8 Å². The third kappa shape index (κ3) is 3.78. The van der Waals surface area contributed by atoms with Crippen LogP contribution in [0.25, 0.3) is 10.9 Å². The van der Waals surface area contributed by atoms with E-state index in [1.54, 1.807) is 31.4 Å². The molecule has 3 saturated heterocycles. The Labute approximate surface area is 188 Å². The first kappa shape index (κ1) is 20.7. The number of methoxy groups -OCH3 is 1. The molecule has 2 bridgehead atoms. The number of carbonyl (C=O) groups excluding carboxylic acids is 1. The Kier molecular flexibility index (Phi) is 5.66. The first-order chi connectivity index (χ1) is 15.7. The van der Waals surface area contributed by atoms with Gasteiger partial charge in [0.25, 0.3) is 0 Å². The van der Waals surface area contributed by atoms with E-state index in [4.69, 9.17) is 9.47 Å². The first-order valence-corrected chi connectivity index (χ1v) is 11.2. The van der Waals surface area contributed by atoms with E-state index >= 15 is 0 Å². The molecule has 0 saturated carbocycles. The first-order valence-electron chi connectivity index (χ1n) is 11.2. The second kappa shape index (κ2) is 8.75. The fourth-order valence-corrected chi connectivity index (χ4v) is 5.32. The molecule has 5 heteroatoms. The van der Waals surface area contributed by atoms with Crippen LogP contribution in [-0.2, 0) is 4.74 Å². The van der Waals surface area contributed by atoms with Gasteiger partial charge in [0.2, 0.25) is 0 Å². The molecule has 4 heterocycles. The highest BCUT2D eigenvalue weighted by Gasteiger charge is 2.44. The van der Waals surface area contributed by atoms with Crippen LogP contribution in [0.15, 0.2) is 73.4 Å². The quantitative estimate of drug-likeness (QED) is 0.407. The van der Waals surface area contributed by atoms with Crippen LogP contribution in [0.3, 0.4) is 0 Å². The maximum atomic E-state index is 13.2. The van der Waals surface area contributed by atoms with Crippen molar-refractivity contribution in [2.24, 2.45) is 11.8 Å². The Morgan fingerprint density at radius 1 is 1.19 bits per heavy atom. The van der Waals surface area contributed by atoms with Crippen molar-refractivity contribution in [2.45, 2.75) is 25.0 Å². The highest BCUT2D eigenvalue weighted by molar-refractivity contribution is 5.90. The summed E-state index contributed by atoms with van der Waals surface area (Å²) in [7, 11) is 1.61. The Balaban J connectivity index is 1.52. The van der Waals surface area contributed by atoms with Gasteiger partial charge in [0, 0.05) is 23.7 Å². The van der Waals surface area contributed by atoms with Crippen molar-refractivity contribution in [3.63, 3.8) is 0 Å². The predicted molar refractivity (Wildman–Crippen MR) is 125 cm³/mol. The molecule has 0 N–H and O–H groups in total. The number of hydrogen-bond donors (Lipinski definition) is 0. The maximum absolute atomic E-state index is 13.2. The molecule has 5 nitrogen and oxygen atoms in total. The zero-order valence-corrected chi connectivity index (χ0v) is 18.3. The summed E-state index contributed by atoms with van der Waals surface area (Å²) in [6.45, 7) is 6.04. The van der Waals surface area contributed by atoms with Gasteiger partial charge in [0.1, 0.15) is 11.9 Å². The van der Waals surface area contributed by atoms with Gasteiger partial charge >= 0.3 is 5.97 Å². The molecule has 3 fully saturated rings. The normalized spacial score (nSPS) is 25.3. The topological polar surface area (TPSA) is 51.7 Å². The van der Waals surface area contributed by atoms with Crippen molar-refractivity contribution >= 4 is 16.9 Å². The van der Waals surface area contributed by atoms with Crippen molar-refractivity contribution in [3.05, 3.63) is 84.6 Å². The van der Waals surface area contributed by atoms with Crippen LogP contribution in [0.1, 0.15) is 34.9 Å². The number of nitrogens with zero attached hydrogens (tertiary/aromatic N) is 2. The number of benzene rings is 2. The van der Waals surface area contributed by atoms with Gasteiger partial charge in [-0.2, -0.15) is 0 Å². The number of piperidine rings is 3. The molecule has 3 aromatic rings. The van der Waals surface area contributed by atoms with Gasteiger partial charge < -0.3 is 9.47 Å². The minimum absolute atomic E-state index is 0.137. The average Bonchev–Trinajstić information content (AvgIpc) is 2.87. The zero-order valence-electron chi connectivity index (χ0n) is 18.3. The predicted octanol–water partition coefficient (Wildman–Crippen LogP) is 5.04. The number of pyridine rings is 1. The molecule has 3 aliphatic heterocycles. The van der Waals surface area contributed by atoms with Gasteiger partial charge in [-0.05, 0) is 67.6 Å². The average molecular weight is 429 g/mol. The number of hydrogen-bond acceptors (Lipinski definition) is 5. The number of aromatic nitrogens is 1. The summed E-state index contributed by atoms with van der Waals surface area (Å²) in [5, 5.41) is 1.03. The van der Waals surface area contributed by atoms with E-state index in [0.29, 0.717) is 23.1 Å². The summed E-state index contributed by atoms with van der Waals surface area (Å²) < 4.78 is 11.5. The summed E-state index contributed by atoms with van der Waals surface area (Å²) in [6.07, 6.45) is 5.70. The van der Waals surface area contributed by atoms with E-state index in [2.05, 4.69) is 28.6 Å². The van der Waals surface area contributed by atoms with Gasteiger partial charge in [-0.25, -0.2) is 4.79 Å². The molecule has 1 aromatic heterocycles. The largest absolute Gasteiger partial charge is 0.497 e. The Hall–Kier alpha value is -3.18. The Bertz CT molecular complexity index is 1120. The maximum Gasteiger partial charge on any atom is 0.338 e. The van der Waals surface area contributed by atoms with Gasteiger partial charge in [-0.3, -0.25) is 9.88 Å². The van der Waals surface area contributed by atoms with Crippen molar-refractivity contribution in [3.8, 4) is 5.75 Å². The summed E-state index contributed by atoms with van der Waals surface area (Å²) >= 11 is 0. The fraction of sp³-hybridized carbons (Fsp3) is 0.333. The molecule has 0 radical (unpaired) electrons. The summed E-state index contributed by atoms with van der Waals surface area (Å²) in [6, 6.07) is 17.3. The van der Waals surface area contributed by atoms with E-state index in [9.17, 15) is 4.79 Å². The zero-order chi connectivity index (χ0) is 22.1. The molecule has 6 rings (SSSR count). The minimum atomic E-state index is -0.369. The van der Waals surface area contributed by atoms with E-state index < -0.39 is 0 Å². The molecule has 0 aliphatic carbocycles. The smallest absolute Gasteiger partial charge is 0.338 e. The molecule has 0 spiro atoms. The van der Waals surface area contributed by atoms with E-state index in [1.165, 1.54) is 6.42 Å². The number of ether oxygens (including phenoxy) is 2. The van der Waals surface area contributed by atoms with Crippen LogP contribution in [0.5, 0.6) is 5.75 Å². The highest BCUT2D eigenvalue weighted by atomic mass is 16.5. The second-order valence-corrected chi connectivity index (χ2v) is 8.72.